The van der Waals surface area contributed by atoms with Gasteiger partial charge in [-0.25, -0.2) is 0 Å². The fraction of sp³-hybridized carbons (Fsp3) is 0.562. The predicted molar refractivity (Wildman–Crippen MR) is 85.7 cm³/mol. The normalized spacial score (nSPS) is 23.4. The third-order valence-electron chi connectivity index (χ3n) is 4.10. The molecule has 1 aliphatic heterocycles. The molecule has 4 nitrogen and oxygen atoms in total. The van der Waals surface area contributed by atoms with Crippen LogP contribution in [-0.4, -0.2) is 37.1 Å². The van der Waals surface area contributed by atoms with Crippen molar-refractivity contribution in [3.8, 4) is 5.75 Å². The minimum Gasteiger partial charge on any atom is -0.497 e. The summed E-state index contributed by atoms with van der Waals surface area (Å²) in [6.07, 6.45) is 2.40. The van der Waals surface area contributed by atoms with Crippen molar-refractivity contribution < 1.29 is 9.53 Å². The molecule has 1 saturated heterocycles. The summed E-state index contributed by atoms with van der Waals surface area (Å²) in [5, 5.41) is 6.55. The fourth-order valence-corrected chi connectivity index (χ4v) is 3.64. The molecule has 1 saturated carbocycles. The Hall–Kier alpha value is -1.20. The van der Waals surface area contributed by atoms with Crippen LogP contribution < -0.4 is 15.4 Å². The van der Waals surface area contributed by atoms with Gasteiger partial charge in [-0.05, 0) is 36.5 Å². The zero-order chi connectivity index (χ0) is 14.7. The maximum atomic E-state index is 12.4. The van der Waals surface area contributed by atoms with Crippen LogP contribution in [0, 0.1) is 5.92 Å². The highest BCUT2D eigenvalue weighted by molar-refractivity contribution is 7.99. The van der Waals surface area contributed by atoms with Crippen molar-refractivity contribution in [2.45, 2.75) is 24.9 Å². The molecular formula is C16H22N2O2S. The second-order valence-electron chi connectivity index (χ2n) is 5.68. The van der Waals surface area contributed by atoms with E-state index in [1.807, 2.05) is 23.9 Å². The van der Waals surface area contributed by atoms with E-state index in [1.54, 1.807) is 7.11 Å². The van der Waals surface area contributed by atoms with Gasteiger partial charge in [0, 0.05) is 18.1 Å². The summed E-state index contributed by atoms with van der Waals surface area (Å²) in [7, 11) is 1.67. The molecule has 5 heteroatoms. The van der Waals surface area contributed by atoms with E-state index >= 15 is 0 Å². The van der Waals surface area contributed by atoms with E-state index in [9.17, 15) is 4.79 Å². The van der Waals surface area contributed by atoms with Gasteiger partial charge in [-0.3, -0.25) is 4.79 Å². The topological polar surface area (TPSA) is 50.4 Å². The van der Waals surface area contributed by atoms with E-state index in [-0.39, 0.29) is 18.0 Å². The fourth-order valence-electron chi connectivity index (χ4n) is 2.70. The predicted octanol–water partition coefficient (Wildman–Crippen LogP) is 1.97. The standard InChI is InChI=1S/C16H22N2O2S/c1-20-13-6-4-12(5-7-13)15(11-2-3-11)18-16(19)14-10-21-9-8-17-14/h4-7,11,14-15,17H,2-3,8-10H2,1H3,(H,18,19). The quantitative estimate of drug-likeness (QED) is 0.873. The number of amides is 1. The largest absolute Gasteiger partial charge is 0.497 e. The average Bonchev–Trinajstić information content (AvgIpc) is 3.38. The van der Waals surface area contributed by atoms with E-state index in [2.05, 4.69) is 22.8 Å². The molecule has 1 aromatic rings. The lowest BCUT2D eigenvalue weighted by Gasteiger charge is -2.26. The number of thioether (sulfide) groups is 1. The molecule has 1 aromatic carbocycles. The first-order valence-corrected chi connectivity index (χ1v) is 8.69. The molecule has 0 bridgehead atoms. The third-order valence-corrected chi connectivity index (χ3v) is 5.17. The second-order valence-corrected chi connectivity index (χ2v) is 6.83. The van der Waals surface area contributed by atoms with E-state index < -0.39 is 0 Å². The lowest BCUT2D eigenvalue weighted by molar-refractivity contribution is -0.123. The van der Waals surface area contributed by atoms with Crippen LogP contribution in [-0.2, 0) is 4.79 Å². The molecule has 3 rings (SSSR count). The van der Waals surface area contributed by atoms with Crippen LogP contribution in [0.5, 0.6) is 5.75 Å². The maximum Gasteiger partial charge on any atom is 0.238 e. The molecule has 114 valence electrons. The molecule has 2 N–H and O–H groups in total. The molecule has 2 unspecified atom stereocenters. The Kier molecular flexibility index (Phi) is 4.70. The molecule has 2 fully saturated rings. The molecule has 0 radical (unpaired) electrons. The summed E-state index contributed by atoms with van der Waals surface area (Å²) < 4.78 is 5.20. The molecule has 0 spiro atoms. The van der Waals surface area contributed by atoms with Crippen molar-refractivity contribution >= 4 is 17.7 Å². The Balaban J connectivity index is 1.67. The van der Waals surface area contributed by atoms with Gasteiger partial charge < -0.3 is 15.4 Å². The number of carbonyl (C=O) groups is 1. The molecule has 1 aliphatic carbocycles. The second kappa shape index (κ2) is 6.71. The van der Waals surface area contributed by atoms with Gasteiger partial charge in [-0.2, -0.15) is 11.8 Å². The van der Waals surface area contributed by atoms with Crippen LogP contribution in [0.2, 0.25) is 0 Å². The van der Waals surface area contributed by atoms with E-state index in [0.29, 0.717) is 5.92 Å². The number of benzene rings is 1. The van der Waals surface area contributed by atoms with Crippen molar-refractivity contribution in [2.75, 3.05) is 25.2 Å². The van der Waals surface area contributed by atoms with Gasteiger partial charge in [0.2, 0.25) is 5.91 Å². The average molecular weight is 306 g/mol. The molecule has 2 atom stereocenters. The van der Waals surface area contributed by atoms with Crippen molar-refractivity contribution in [1.82, 2.24) is 10.6 Å². The zero-order valence-corrected chi connectivity index (χ0v) is 13.1. The van der Waals surface area contributed by atoms with Crippen LogP contribution in [0.25, 0.3) is 0 Å². The maximum absolute atomic E-state index is 12.4. The Morgan fingerprint density at radius 3 is 2.71 bits per heavy atom. The Morgan fingerprint density at radius 2 is 2.14 bits per heavy atom. The van der Waals surface area contributed by atoms with Crippen LogP contribution in [0.3, 0.4) is 0 Å². The highest BCUT2D eigenvalue weighted by Gasteiger charge is 2.35. The van der Waals surface area contributed by atoms with Crippen molar-refractivity contribution in [2.24, 2.45) is 5.92 Å². The Bertz CT molecular complexity index is 482. The summed E-state index contributed by atoms with van der Waals surface area (Å²) in [5.41, 5.74) is 1.18. The number of hydrogen-bond acceptors (Lipinski definition) is 4. The Labute approximate surface area is 130 Å². The highest BCUT2D eigenvalue weighted by Crippen LogP contribution is 2.41. The molecule has 2 aliphatic rings. The number of nitrogens with one attached hydrogen (secondary N) is 2. The van der Waals surface area contributed by atoms with Crippen LogP contribution in [0.15, 0.2) is 24.3 Å². The van der Waals surface area contributed by atoms with Gasteiger partial charge in [0.25, 0.3) is 0 Å². The van der Waals surface area contributed by atoms with Crippen LogP contribution >= 0.6 is 11.8 Å². The summed E-state index contributed by atoms with van der Waals surface area (Å²) in [5.74, 6) is 3.53. The molecule has 1 amide bonds. The lowest BCUT2D eigenvalue weighted by Crippen LogP contribution is -2.50. The summed E-state index contributed by atoms with van der Waals surface area (Å²) >= 11 is 1.84. The highest BCUT2D eigenvalue weighted by atomic mass is 32.2. The smallest absolute Gasteiger partial charge is 0.238 e. The number of hydrogen-bond donors (Lipinski definition) is 2. The first-order valence-electron chi connectivity index (χ1n) is 7.53. The van der Waals surface area contributed by atoms with E-state index in [1.165, 1.54) is 18.4 Å². The summed E-state index contributed by atoms with van der Waals surface area (Å²) in [4.78, 5) is 12.4. The van der Waals surface area contributed by atoms with Gasteiger partial charge in [0.05, 0.1) is 19.2 Å². The van der Waals surface area contributed by atoms with Crippen LogP contribution in [0.4, 0.5) is 0 Å². The molecular weight excluding hydrogens is 284 g/mol. The van der Waals surface area contributed by atoms with Gasteiger partial charge in [-0.1, -0.05) is 12.1 Å². The van der Waals surface area contributed by atoms with Crippen LogP contribution in [0.1, 0.15) is 24.4 Å². The SMILES string of the molecule is COc1ccc(C(NC(=O)C2CSCCN2)C2CC2)cc1. The zero-order valence-electron chi connectivity index (χ0n) is 12.3. The number of carbonyl (C=O) groups excluding carboxylic acids is 1. The number of methoxy groups -OCH3 is 1. The first-order chi connectivity index (χ1) is 10.3. The van der Waals surface area contributed by atoms with Crippen molar-refractivity contribution in [3.05, 3.63) is 29.8 Å². The number of ether oxygens (including phenoxy) is 1. The van der Waals surface area contributed by atoms with Crippen molar-refractivity contribution in [1.29, 1.82) is 0 Å². The number of rotatable bonds is 5. The van der Waals surface area contributed by atoms with E-state index in [4.69, 9.17) is 4.74 Å². The molecule has 0 aromatic heterocycles. The minimum atomic E-state index is -0.0525. The lowest BCUT2D eigenvalue weighted by atomic mass is 10.0. The first kappa shape index (κ1) is 14.7. The van der Waals surface area contributed by atoms with E-state index in [0.717, 1.165) is 23.8 Å². The van der Waals surface area contributed by atoms with Gasteiger partial charge in [0.15, 0.2) is 0 Å². The molecule has 1 heterocycles. The minimum absolute atomic E-state index is 0.0525. The Morgan fingerprint density at radius 1 is 1.38 bits per heavy atom. The van der Waals surface area contributed by atoms with Gasteiger partial charge >= 0.3 is 0 Å². The molecule has 21 heavy (non-hydrogen) atoms. The van der Waals surface area contributed by atoms with Gasteiger partial charge in [-0.15, -0.1) is 0 Å². The summed E-state index contributed by atoms with van der Waals surface area (Å²) in [6, 6.07) is 8.13. The third kappa shape index (κ3) is 3.71. The monoisotopic (exact) mass is 306 g/mol. The summed E-state index contributed by atoms with van der Waals surface area (Å²) in [6.45, 7) is 0.916. The van der Waals surface area contributed by atoms with Gasteiger partial charge in [0.1, 0.15) is 5.75 Å². The van der Waals surface area contributed by atoms with Crippen molar-refractivity contribution in [3.63, 3.8) is 0 Å².